The molecule has 0 saturated heterocycles. The van der Waals surface area contributed by atoms with Gasteiger partial charge in [-0.15, -0.1) is 0 Å². The molecule has 0 atom stereocenters. The van der Waals surface area contributed by atoms with Gasteiger partial charge in [0.25, 0.3) is 0 Å². The second-order valence-corrected chi connectivity index (χ2v) is 7.56. The first-order chi connectivity index (χ1) is 9.63. The molecule has 0 saturated carbocycles. The molecule has 3 nitrogen and oxygen atoms in total. The summed E-state index contributed by atoms with van der Waals surface area (Å²) < 4.78 is 13.5. The molecule has 2 aromatic carbocycles. The summed E-state index contributed by atoms with van der Waals surface area (Å²) in [7, 11) is 1.27. The number of likely N-dealkylation sites (N-methyl/N-ethyl adjacent to an activating group) is 1. The highest BCUT2D eigenvalue weighted by atomic mass is 31.2. The molecule has 2 rings (SSSR count). The average Bonchev–Trinajstić information content (AvgIpc) is 2.48. The number of nitrogens with one attached hydrogen (secondary N) is 1. The van der Waals surface area contributed by atoms with Crippen molar-refractivity contribution in [3.8, 4) is 0 Å². The largest absolute Gasteiger partial charge is 0.308 e. The first-order valence-corrected chi connectivity index (χ1v) is 8.45. The maximum Gasteiger partial charge on any atom is 0.204 e. The molecule has 0 aliphatic rings. The van der Waals surface area contributed by atoms with Gasteiger partial charge in [0.15, 0.2) is 0 Å². The first-order valence-electron chi connectivity index (χ1n) is 6.74. The molecule has 0 aliphatic heterocycles. The Morgan fingerprint density at radius 1 is 0.900 bits per heavy atom. The third kappa shape index (κ3) is 3.57. The van der Waals surface area contributed by atoms with Crippen LogP contribution in [0, 0.1) is 0 Å². The van der Waals surface area contributed by atoms with Crippen molar-refractivity contribution in [1.29, 1.82) is 0 Å². The molecule has 1 N–H and O–H groups in total. The molecule has 0 aromatic heterocycles. The van der Waals surface area contributed by atoms with Crippen LogP contribution < -0.4 is 15.7 Å². The summed E-state index contributed by atoms with van der Waals surface area (Å²) in [5, 5.41) is 4.98. The molecule has 0 heterocycles. The first kappa shape index (κ1) is 15.0. The maximum atomic E-state index is 13.5. The van der Waals surface area contributed by atoms with Gasteiger partial charge in [0.05, 0.1) is 0 Å². The van der Waals surface area contributed by atoms with Crippen LogP contribution in [0.4, 0.5) is 0 Å². The molecule has 0 amide bonds. The van der Waals surface area contributed by atoms with Gasteiger partial charge in [0, 0.05) is 23.7 Å². The maximum absolute atomic E-state index is 13.5. The van der Waals surface area contributed by atoms with Crippen molar-refractivity contribution < 1.29 is 4.57 Å². The van der Waals surface area contributed by atoms with Crippen molar-refractivity contribution in [2.45, 2.75) is 0 Å². The van der Waals surface area contributed by atoms with Crippen molar-refractivity contribution in [3.05, 3.63) is 60.7 Å². The molecule has 0 aliphatic carbocycles. The third-order valence-electron chi connectivity index (χ3n) is 3.13. The number of benzene rings is 2. The lowest BCUT2D eigenvalue weighted by Crippen LogP contribution is -2.32. The Kier molecular flexibility index (Phi) is 5.13. The van der Waals surface area contributed by atoms with Crippen LogP contribution >= 0.6 is 7.29 Å². The van der Waals surface area contributed by atoms with E-state index < -0.39 is 7.29 Å². The van der Waals surface area contributed by atoms with Gasteiger partial charge in [0.1, 0.15) is 0 Å². The van der Waals surface area contributed by atoms with E-state index in [1.165, 1.54) is 0 Å². The summed E-state index contributed by atoms with van der Waals surface area (Å²) in [5.74, 6) is 0. The van der Waals surface area contributed by atoms with Gasteiger partial charge in [-0.05, 0) is 38.4 Å². The van der Waals surface area contributed by atoms with Crippen LogP contribution in [0.25, 0.3) is 0 Å². The van der Waals surface area contributed by atoms with E-state index in [0.717, 1.165) is 17.2 Å². The van der Waals surface area contributed by atoms with E-state index in [2.05, 4.69) is 9.99 Å². The predicted molar refractivity (Wildman–Crippen MR) is 86.3 cm³/mol. The minimum Gasteiger partial charge on any atom is -0.308 e. The molecular formula is C16H21N2OP. The van der Waals surface area contributed by atoms with Gasteiger partial charge in [-0.2, -0.15) is 0 Å². The Bertz CT molecular complexity index is 526. The summed E-state index contributed by atoms with van der Waals surface area (Å²) in [4.78, 5) is 2.08. The lowest BCUT2D eigenvalue weighted by Gasteiger charge is -2.21. The zero-order chi connectivity index (χ0) is 14.4. The molecule has 2 aromatic rings. The fourth-order valence-corrected chi connectivity index (χ4v) is 4.30. The van der Waals surface area contributed by atoms with Gasteiger partial charge in [-0.3, -0.25) is 9.65 Å². The smallest absolute Gasteiger partial charge is 0.204 e. The zero-order valence-electron chi connectivity index (χ0n) is 12.0. The van der Waals surface area contributed by atoms with Crippen LogP contribution in [0.5, 0.6) is 0 Å². The summed E-state index contributed by atoms with van der Waals surface area (Å²) in [6, 6.07) is 19.3. The Balaban J connectivity index is 2.32. The summed E-state index contributed by atoms with van der Waals surface area (Å²) >= 11 is 0. The Morgan fingerprint density at radius 3 is 1.75 bits per heavy atom. The van der Waals surface area contributed by atoms with Crippen molar-refractivity contribution in [2.75, 3.05) is 27.2 Å². The normalized spacial score (nSPS) is 11.8. The van der Waals surface area contributed by atoms with Gasteiger partial charge >= 0.3 is 0 Å². The molecule has 0 spiro atoms. The van der Waals surface area contributed by atoms with Crippen LogP contribution in [0.3, 0.4) is 0 Å². The minimum absolute atomic E-state index is 0.689. The Morgan fingerprint density at radius 2 is 1.35 bits per heavy atom. The quantitative estimate of drug-likeness (QED) is 0.826. The van der Waals surface area contributed by atoms with Gasteiger partial charge in [0.2, 0.25) is 7.29 Å². The Hall–Kier alpha value is -1.41. The van der Waals surface area contributed by atoms with E-state index in [9.17, 15) is 4.57 Å². The van der Waals surface area contributed by atoms with Crippen LogP contribution in [-0.4, -0.2) is 32.1 Å². The monoisotopic (exact) mass is 288 g/mol. The Labute approximate surface area is 121 Å². The fourth-order valence-electron chi connectivity index (χ4n) is 2.04. The summed E-state index contributed by atoms with van der Waals surface area (Å²) in [6.07, 6.45) is 0. The highest BCUT2D eigenvalue weighted by Gasteiger charge is 2.26. The van der Waals surface area contributed by atoms with E-state index in [-0.39, 0.29) is 0 Å². The van der Waals surface area contributed by atoms with Gasteiger partial charge in [-0.1, -0.05) is 36.4 Å². The topological polar surface area (TPSA) is 32.3 Å². The zero-order valence-corrected chi connectivity index (χ0v) is 12.9. The van der Waals surface area contributed by atoms with Crippen LogP contribution in [0.1, 0.15) is 0 Å². The van der Waals surface area contributed by atoms with E-state index in [1.807, 2.05) is 74.8 Å². The van der Waals surface area contributed by atoms with Crippen molar-refractivity contribution in [3.63, 3.8) is 0 Å². The van der Waals surface area contributed by atoms with Crippen molar-refractivity contribution in [1.82, 2.24) is 9.99 Å². The molecular weight excluding hydrogens is 267 g/mol. The highest BCUT2D eigenvalue weighted by molar-refractivity contribution is 7.76. The SMILES string of the molecule is CN(C)CCNP(=O)(c1ccccc1)c1ccccc1. The third-order valence-corrected chi connectivity index (χ3v) is 5.85. The van der Waals surface area contributed by atoms with Crippen LogP contribution in [0.15, 0.2) is 60.7 Å². The molecule has 20 heavy (non-hydrogen) atoms. The fraction of sp³-hybridized carbons (Fsp3) is 0.250. The average molecular weight is 288 g/mol. The molecule has 0 radical (unpaired) electrons. The van der Waals surface area contributed by atoms with Crippen molar-refractivity contribution >= 4 is 17.9 Å². The standard InChI is InChI=1S/C16H21N2OP/c1-18(2)14-13-17-20(19,15-9-5-3-6-10-15)16-11-7-4-8-12-16/h3-12H,13-14H2,1-2H3,(H,17,19). The molecule has 0 bridgehead atoms. The number of hydrogen-bond acceptors (Lipinski definition) is 2. The summed E-state index contributed by atoms with van der Waals surface area (Å²) in [5.41, 5.74) is 0. The van der Waals surface area contributed by atoms with E-state index in [1.54, 1.807) is 0 Å². The number of rotatable bonds is 6. The number of nitrogens with zero attached hydrogens (tertiary/aromatic N) is 1. The second-order valence-electron chi connectivity index (χ2n) is 4.99. The van der Waals surface area contributed by atoms with Crippen LogP contribution in [-0.2, 0) is 4.57 Å². The van der Waals surface area contributed by atoms with Gasteiger partial charge < -0.3 is 4.90 Å². The molecule has 4 heteroatoms. The minimum atomic E-state index is -2.76. The van der Waals surface area contributed by atoms with Gasteiger partial charge in [-0.25, -0.2) is 0 Å². The molecule has 0 unspecified atom stereocenters. The lowest BCUT2D eigenvalue weighted by molar-refractivity contribution is 0.413. The lowest BCUT2D eigenvalue weighted by atomic mass is 10.4. The second kappa shape index (κ2) is 6.85. The number of hydrogen-bond donors (Lipinski definition) is 1. The van der Waals surface area contributed by atoms with E-state index >= 15 is 0 Å². The molecule has 0 fully saturated rings. The predicted octanol–water partition coefficient (Wildman–Crippen LogP) is 2.07. The highest BCUT2D eigenvalue weighted by Crippen LogP contribution is 2.38. The summed E-state index contributed by atoms with van der Waals surface area (Å²) in [6.45, 7) is 1.54. The molecule has 106 valence electrons. The van der Waals surface area contributed by atoms with Crippen LogP contribution in [0.2, 0.25) is 0 Å². The van der Waals surface area contributed by atoms with E-state index in [0.29, 0.717) is 6.54 Å². The van der Waals surface area contributed by atoms with Crippen molar-refractivity contribution in [2.24, 2.45) is 0 Å². The van der Waals surface area contributed by atoms with E-state index in [4.69, 9.17) is 0 Å².